The van der Waals surface area contributed by atoms with Gasteiger partial charge >= 0.3 is 5.97 Å². The minimum absolute atomic E-state index is 0.190. The van der Waals surface area contributed by atoms with E-state index in [4.69, 9.17) is 9.47 Å². The quantitative estimate of drug-likeness (QED) is 0.238. The Balaban J connectivity index is 1.90. The van der Waals surface area contributed by atoms with Crippen molar-refractivity contribution in [2.75, 3.05) is 27.1 Å². The van der Waals surface area contributed by atoms with Crippen molar-refractivity contribution in [3.05, 3.63) is 29.9 Å². The molecule has 0 atom stereocenters. The van der Waals surface area contributed by atoms with Gasteiger partial charge in [-0.2, -0.15) is 0 Å². The van der Waals surface area contributed by atoms with Crippen LogP contribution in [0.5, 0.6) is 11.5 Å². The Labute approximate surface area is 165 Å². The topological polar surface area (TPSA) is 70.5 Å². The lowest BCUT2D eigenvalue weighted by Gasteiger charge is -2.10. The van der Waals surface area contributed by atoms with Crippen LogP contribution >= 0.6 is 23.1 Å². The molecule has 0 aliphatic carbocycles. The largest absolute Gasteiger partial charge is 0.493 e. The lowest BCUT2D eigenvalue weighted by molar-refractivity contribution is -0.140. The van der Waals surface area contributed by atoms with Crippen molar-refractivity contribution in [2.45, 2.75) is 17.9 Å². The first-order valence-corrected chi connectivity index (χ1v) is 10.2. The number of hydrogen-bond donors (Lipinski definition) is 0. The number of thioether (sulfide) groups is 1. The summed E-state index contributed by atoms with van der Waals surface area (Å²) in [6.45, 7) is 0. The van der Waals surface area contributed by atoms with E-state index in [0.29, 0.717) is 17.9 Å². The van der Waals surface area contributed by atoms with Gasteiger partial charge < -0.3 is 14.2 Å². The summed E-state index contributed by atoms with van der Waals surface area (Å²) in [6, 6.07) is 5.85. The Kier molecular flexibility index (Phi) is 6.52. The van der Waals surface area contributed by atoms with E-state index in [1.165, 1.54) is 7.11 Å². The minimum atomic E-state index is -0.190. The zero-order chi connectivity index (χ0) is 19.2. The Bertz CT molecular complexity index is 943. The fourth-order valence-electron chi connectivity index (χ4n) is 2.66. The number of methoxy groups -OCH3 is 3. The van der Waals surface area contributed by atoms with Crippen LogP contribution in [-0.2, 0) is 9.53 Å². The van der Waals surface area contributed by atoms with Gasteiger partial charge in [-0.15, -0.1) is 23.1 Å². The highest BCUT2D eigenvalue weighted by molar-refractivity contribution is 7.99. The molecule has 0 saturated carbocycles. The van der Waals surface area contributed by atoms with Crippen LogP contribution in [0, 0.1) is 0 Å². The molecule has 0 aliphatic rings. The van der Waals surface area contributed by atoms with E-state index >= 15 is 0 Å². The zero-order valence-corrected chi connectivity index (χ0v) is 17.0. The molecular formula is C19H20N2O4S2. The fraction of sp³-hybridized carbons (Fsp3) is 0.316. The zero-order valence-electron chi connectivity index (χ0n) is 15.4. The molecule has 0 amide bonds. The summed E-state index contributed by atoms with van der Waals surface area (Å²) < 4.78 is 15.4. The average molecular weight is 405 g/mol. The van der Waals surface area contributed by atoms with Gasteiger partial charge in [0.1, 0.15) is 16.2 Å². The van der Waals surface area contributed by atoms with E-state index in [1.54, 1.807) is 43.6 Å². The molecule has 0 radical (unpaired) electrons. The molecule has 1 aromatic carbocycles. The van der Waals surface area contributed by atoms with E-state index in [0.717, 1.165) is 38.5 Å². The second kappa shape index (κ2) is 9.05. The van der Waals surface area contributed by atoms with E-state index < -0.39 is 0 Å². The first-order valence-electron chi connectivity index (χ1n) is 8.32. The molecule has 6 nitrogen and oxygen atoms in total. The molecule has 27 heavy (non-hydrogen) atoms. The van der Waals surface area contributed by atoms with Gasteiger partial charge in [0.15, 0.2) is 11.5 Å². The smallest absolute Gasteiger partial charge is 0.305 e. The maximum Gasteiger partial charge on any atom is 0.305 e. The average Bonchev–Trinajstić information content (AvgIpc) is 3.15. The summed E-state index contributed by atoms with van der Waals surface area (Å²) in [6.07, 6.45) is 2.72. The van der Waals surface area contributed by atoms with Crippen LogP contribution in [-0.4, -0.2) is 43.0 Å². The number of carbonyl (C=O) groups excluding carboxylic acids is 1. The van der Waals surface area contributed by atoms with Crippen molar-refractivity contribution in [3.8, 4) is 22.6 Å². The number of rotatable bonds is 8. The third-order valence-corrected chi connectivity index (χ3v) is 5.98. The Hall–Kier alpha value is -2.32. The SMILES string of the molecule is COC(=O)CCCSc1ncnc2scc(-c3ccc(OC)c(OC)c3)c12. The molecule has 0 spiro atoms. The van der Waals surface area contributed by atoms with Crippen LogP contribution in [0.1, 0.15) is 12.8 Å². The third-order valence-electron chi connectivity index (χ3n) is 4.02. The van der Waals surface area contributed by atoms with Crippen LogP contribution in [0.25, 0.3) is 21.3 Å². The Morgan fingerprint density at radius 3 is 2.70 bits per heavy atom. The number of ether oxygens (including phenoxy) is 3. The second-order valence-electron chi connectivity index (χ2n) is 5.61. The van der Waals surface area contributed by atoms with Crippen LogP contribution in [0.15, 0.2) is 34.9 Å². The van der Waals surface area contributed by atoms with Crippen molar-refractivity contribution >= 4 is 39.3 Å². The summed E-state index contributed by atoms with van der Waals surface area (Å²) in [5.41, 5.74) is 2.08. The molecule has 8 heteroatoms. The Morgan fingerprint density at radius 1 is 1.15 bits per heavy atom. The van der Waals surface area contributed by atoms with Crippen molar-refractivity contribution in [1.82, 2.24) is 9.97 Å². The van der Waals surface area contributed by atoms with Gasteiger partial charge in [-0.05, 0) is 24.1 Å². The maximum atomic E-state index is 11.3. The number of aromatic nitrogens is 2. The predicted octanol–water partition coefficient (Wildman–Crippen LogP) is 4.42. The molecular weight excluding hydrogens is 384 g/mol. The highest BCUT2D eigenvalue weighted by Gasteiger charge is 2.15. The second-order valence-corrected chi connectivity index (χ2v) is 7.55. The first-order chi connectivity index (χ1) is 13.2. The molecule has 2 heterocycles. The maximum absolute atomic E-state index is 11.3. The van der Waals surface area contributed by atoms with Crippen LogP contribution in [0.4, 0.5) is 0 Å². The van der Waals surface area contributed by atoms with Crippen molar-refractivity contribution in [3.63, 3.8) is 0 Å². The monoisotopic (exact) mass is 404 g/mol. The molecule has 0 unspecified atom stereocenters. The number of fused-ring (bicyclic) bond motifs is 1. The van der Waals surface area contributed by atoms with E-state index in [2.05, 4.69) is 20.1 Å². The third kappa shape index (κ3) is 4.33. The highest BCUT2D eigenvalue weighted by Crippen LogP contribution is 2.40. The number of nitrogens with zero attached hydrogens (tertiary/aromatic N) is 2. The molecule has 2 aromatic heterocycles. The highest BCUT2D eigenvalue weighted by atomic mass is 32.2. The van der Waals surface area contributed by atoms with Crippen molar-refractivity contribution in [1.29, 1.82) is 0 Å². The normalized spacial score (nSPS) is 10.8. The van der Waals surface area contributed by atoms with E-state index in [-0.39, 0.29) is 5.97 Å². The first kappa shape index (κ1) is 19.4. The van der Waals surface area contributed by atoms with Crippen LogP contribution in [0.3, 0.4) is 0 Å². The van der Waals surface area contributed by atoms with Crippen molar-refractivity contribution in [2.24, 2.45) is 0 Å². The number of benzene rings is 1. The molecule has 0 bridgehead atoms. The molecule has 3 aromatic rings. The van der Waals surface area contributed by atoms with Gasteiger partial charge in [-0.25, -0.2) is 9.97 Å². The van der Waals surface area contributed by atoms with E-state index in [1.807, 2.05) is 18.2 Å². The molecule has 0 fully saturated rings. The summed E-state index contributed by atoms with van der Waals surface area (Å²) in [5.74, 6) is 1.96. The number of esters is 1. The summed E-state index contributed by atoms with van der Waals surface area (Å²) in [7, 11) is 4.65. The van der Waals surface area contributed by atoms with Gasteiger partial charge in [0, 0.05) is 23.1 Å². The molecule has 0 saturated heterocycles. The summed E-state index contributed by atoms with van der Waals surface area (Å²) in [4.78, 5) is 21.1. The van der Waals surface area contributed by atoms with Crippen LogP contribution in [0.2, 0.25) is 0 Å². The summed E-state index contributed by atoms with van der Waals surface area (Å²) in [5, 5.41) is 4.02. The molecule has 0 N–H and O–H groups in total. The molecule has 3 rings (SSSR count). The van der Waals surface area contributed by atoms with Gasteiger partial charge in [0.05, 0.1) is 26.7 Å². The van der Waals surface area contributed by atoms with Gasteiger partial charge in [0.2, 0.25) is 0 Å². The number of carbonyl (C=O) groups is 1. The lowest BCUT2D eigenvalue weighted by atomic mass is 10.1. The number of hydrogen-bond acceptors (Lipinski definition) is 8. The van der Waals surface area contributed by atoms with E-state index in [9.17, 15) is 4.79 Å². The fourth-order valence-corrected chi connectivity index (χ4v) is 4.60. The predicted molar refractivity (Wildman–Crippen MR) is 108 cm³/mol. The standard InChI is InChI=1S/C19H20N2O4S2/c1-23-14-7-6-12(9-15(14)24-2)13-10-27-19-17(13)18(20-11-21-19)26-8-4-5-16(22)25-3/h6-7,9-11H,4-5,8H2,1-3H3. The van der Waals surface area contributed by atoms with Gasteiger partial charge in [0.25, 0.3) is 0 Å². The molecule has 0 aliphatic heterocycles. The van der Waals surface area contributed by atoms with Crippen LogP contribution < -0.4 is 9.47 Å². The van der Waals surface area contributed by atoms with Gasteiger partial charge in [-0.3, -0.25) is 4.79 Å². The summed E-state index contributed by atoms with van der Waals surface area (Å²) >= 11 is 3.21. The number of thiophene rings is 1. The molecule has 142 valence electrons. The van der Waals surface area contributed by atoms with Crippen molar-refractivity contribution < 1.29 is 19.0 Å². The van der Waals surface area contributed by atoms with Gasteiger partial charge in [-0.1, -0.05) is 6.07 Å². The minimum Gasteiger partial charge on any atom is -0.493 e. The lowest BCUT2D eigenvalue weighted by Crippen LogP contribution is -2.00. The Morgan fingerprint density at radius 2 is 1.96 bits per heavy atom.